The van der Waals surface area contributed by atoms with Crippen molar-refractivity contribution in [2.45, 2.75) is 66.5 Å². The Balaban J connectivity index is 1.91. The maximum Gasteiger partial charge on any atom is 0.410 e. The number of amides is 3. The lowest BCUT2D eigenvalue weighted by Crippen LogP contribution is -2.52. The van der Waals surface area contributed by atoms with Crippen LogP contribution in [0.5, 0.6) is 5.75 Å². The molecule has 1 aliphatic rings. The third-order valence-corrected chi connectivity index (χ3v) is 5.88. The Kier molecular flexibility index (Phi) is 8.48. The van der Waals surface area contributed by atoms with Gasteiger partial charge in [-0.2, -0.15) is 5.10 Å². The molecule has 0 atom stereocenters. The minimum atomic E-state index is -0.800. The Bertz CT molecular complexity index is 1240. The Hall–Kier alpha value is -3.89. The molecule has 1 aromatic heterocycles. The smallest absolute Gasteiger partial charge is 0.410 e. The Morgan fingerprint density at radius 1 is 1.18 bits per heavy atom. The van der Waals surface area contributed by atoms with Gasteiger partial charge in [0, 0.05) is 18.7 Å². The highest BCUT2D eigenvalue weighted by Crippen LogP contribution is 2.31. The quantitative estimate of drug-likeness (QED) is 0.471. The zero-order chi connectivity index (χ0) is 28.4. The number of rotatable bonds is 9. The lowest BCUT2D eigenvalue weighted by Gasteiger charge is -2.40. The molecule has 0 bridgehead atoms. The number of hydrogen-bond acceptors (Lipinski definition) is 7. The first-order valence-corrected chi connectivity index (χ1v) is 12.7. The molecule has 0 spiro atoms. The van der Waals surface area contributed by atoms with Crippen LogP contribution in [0.4, 0.5) is 10.5 Å². The van der Waals surface area contributed by atoms with Gasteiger partial charge in [0.15, 0.2) is 11.5 Å². The fourth-order valence-corrected chi connectivity index (χ4v) is 3.99. The van der Waals surface area contributed by atoms with Gasteiger partial charge in [0.1, 0.15) is 11.4 Å². The number of anilines is 1. The minimum Gasteiger partial charge on any atom is -0.492 e. The van der Waals surface area contributed by atoms with Crippen LogP contribution in [0, 0.1) is 5.92 Å². The number of hydrogen-bond donors (Lipinski definition) is 2. The summed E-state index contributed by atoms with van der Waals surface area (Å²) in [5.41, 5.74) is 6.22. The Morgan fingerprint density at radius 2 is 1.84 bits per heavy atom. The summed E-state index contributed by atoms with van der Waals surface area (Å²) in [6.07, 6.45) is 0.00475. The highest BCUT2D eigenvalue weighted by molar-refractivity contribution is 6.11. The Labute approximate surface area is 222 Å². The molecule has 11 nitrogen and oxygen atoms in total. The zero-order valence-corrected chi connectivity index (χ0v) is 23.1. The maximum absolute atomic E-state index is 13.5. The van der Waals surface area contributed by atoms with Crippen molar-refractivity contribution in [3.8, 4) is 5.75 Å². The number of Topliss-reactive ketones (excluding diaryl/α,β-unsaturated/α-hetero) is 1. The summed E-state index contributed by atoms with van der Waals surface area (Å²) < 4.78 is 12.9. The second-order valence-electron chi connectivity index (χ2n) is 10.8. The van der Waals surface area contributed by atoms with Crippen LogP contribution in [0.15, 0.2) is 18.2 Å². The minimum absolute atomic E-state index is 0.0849. The molecule has 0 unspecified atom stereocenters. The molecule has 3 rings (SSSR count). The van der Waals surface area contributed by atoms with E-state index in [0.717, 1.165) is 0 Å². The first kappa shape index (κ1) is 28.7. The number of carbonyl (C=O) groups is 4. The van der Waals surface area contributed by atoms with Gasteiger partial charge in [-0.25, -0.2) is 4.79 Å². The van der Waals surface area contributed by atoms with E-state index in [2.05, 4.69) is 10.4 Å². The molecule has 206 valence electrons. The van der Waals surface area contributed by atoms with Crippen LogP contribution in [0.1, 0.15) is 91.4 Å². The predicted molar refractivity (Wildman–Crippen MR) is 142 cm³/mol. The van der Waals surface area contributed by atoms with E-state index in [9.17, 15) is 19.2 Å². The topological polar surface area (TPSA) is 146 Å². The van der Waals surface area contributed by atoms with Gasteiger partial charge >= 0.3 is 6.09 Å². The van der Waals surface area contributed by atoms with Gasteiger partial charge in [0.2, 0.25) is 0 Å². The van der Waals surface area contributed by atoms with Crippen molar-refractivity contribution in [1.82, 2.24) is 14.7 Å². The van der Waals surface area contributed by atoms with Gasteiger partial charge in [-0.1, -0.05) is 20.8 Å². The largest absolute Gasteiger partial charge is 0.492 e. The summed E-state index contributed by atoms with van der Waals surface area (Å²) in [5, 5.41) is 7.20. The summed E-state index contributed by atoms with van der Waals surface area (Å²) >= 11 is 0. The van der Waals surface area contributed by atoms with Crippen LogP contribution in [0.2, 0.25) is 0 Å². The fraction of sp³-hybridized carbons (Fsp3) is 0.519. The Morgan fingerprint density at radius 3 is 2.37 bits per heavy atom. The molecular weight excluding hydrogens is 490 g/mol. The van der Waals surface area contributed by atoms with Crippen LogP contribution in [0.3, 0.4) is 0 Å². The standard InChI is InChI=1S/C27H37N5O6/c1-8-20-22(29-25(35)19-11-17(16(4)33)9-10-21(19)37-14-15(2)3)23(24(28)34)30-32(20)18-12-31(13-18)26(36)38-27(5,6)7/h9-11,15,18H,8,12-14H2,1-7H3,(H2,28,34)(H,29,35). The fourth-order valence-electron chi connectivity index (χ4n) is 3.99. The number of carbonyl (C=O) groups excluding carboxylic acids is 4. The molecule has 1 aromatic carbocycles. The van der Waals surface area contributed by atoms with Crippen molar-refractivity contribution in [2.75, 3.05) is 25.0 Å². The van der Waals surface area contributed by atoms with Gasteiger partial charge in [-0.05, 0) is 58.2 Å². The molecule has 0 saturated carbocycles. The average molecular weight is 528 g/mol. The van der Waals surface area contributed by atoms with Crippen LogP contribution >= 0.6 is 0 Å². The van der Waals surface area contributed by atoms with Crippen molar-refractivity contribution < 1.29 is 28.7 Å². The first-order valence-electron chi connectivity index (χ1n) is 12.7. The number of aromatic nitrogens is 2. The molecule has 1 aliphatic heterocycles. The van der Waals surface area contributed by atoms with E-state index >= 15 is 0 Å². The highest BCUT2D eigenvalue weighted by atomic mass is 16.6. The van der Waals surface area contributed by atoms with E-state index in [1.807, 2.05) is 20.8 Å². The summed E-state index contributed by atoms with van der Waals surface area (Å²) in [6, 6.07) is 4.45. The molecule has 0 aliphatic carbocycles. The van der Waals surface area contributed by atoms with Crippen molar-refractivity contribution in [1.29, 1.82) is 0 Å². The number of nitrogens with one attached hydrogen (secondary N) is 1. The molecule has 1 fully saturated rings. The van der Waals surface area contributed by atoms with Gasteiger partial charge < -0.3 is 25.4 Å². The number of primary amides is 1. The third kappa shape index (κ3) is 6.51. The van der Waals surface area contributed by atoms with Crippen LogP contribution in [-0.2, 0) is 11.2 Å². The zero-order valence-electron chi connectivity index (χ0n) is 23.1. The molecule has 3 N–H and O–H groups in total. The number of ketones is 1. The highest BCUT2D eigenvalue weighted by Gasteiger charge is 2.38. The van der Waals surface area contributed by atoms with E-state index in [-0.39, 0.29) is 34.7 Å². The molecule has 2 aromatic rings. The van der Waals surface area contributed by atoms with E-state index < -0.39 is 23.5 Å². The normalized spacial score (nSPS) is 13.7. The lowest BCUT2D eigenvalue weighted by atomic mass is 10.1. The molecule has 38 heavy (non-hydrogen) atoms. The molecule has 3 amide bonds. The summed E-state index contributed by atoms with van der Waals surface area (Å²) in [7, 11) is 0. The number of likely N-dealkylation sites (tertiary alicyclic amines) is 1. The molecule has 0 radical (unpaired) electrons. The lowest BCUT2D eigenvalue weighted by molar-refractivity contribution is -0.000799. The molecular formula is C27H37N5O6. The second-order valence-corrected chi connectivity index (χ2v) is 10.8. The van der Waals surface area contributed by atoms with Crippen LogP contribution < -0.4 is 15.8 Å². The van der Waals surface area contributed by atoms with Crippen molar-refractivity contribution >= 4 is 29.4 Å². The predicted octanol–water partition coefficient (Wildman–Crippen LogP) is 3.83. The van der Waals surface area contributed by atoms with Crippen molar-refractivity contribution in [3.63, 3.8) is 0 Å². The number of nitrogens with zero attached hydrogens (tertiary/aromatic N) is 3. The van der Waals surface area contributed by atoms with Gasteiger partial charge in [-0.15, -0.1) is 0 Å². The van der Waals surface area contributed by atoms with Crippen LogP contribution in [-0.4, -0.2) is 63.7 Å². The van der Waals surface area contributed by atoms with Gasteiger partial charge in [0.05, 0.1) is 29.6 Å². The SMILES string of the molecule is CCc1c(NC(=O)c2cc(C(C)=O)ccc2OCC(C)C)c(C(N)=O)nn1C1CN(C(=O)OC(C)(C)C)C1. The van der Waals surface area contributed by atoms with Crippen molar-refractivity contribution in [3.05, 3.63) is 40.7 Å². The molecule has 2 heterocycles. The van der Waals surface area contributed by atoms with E-state index in [4.69, 9.17) is 15.2 Å². The van der Waals surface area contributed by atoms with Gasteiger partial charge in [-0.3, -0.25) is 19.1 Å². The van der Waals surface area contributed by atoms with E-state index in [0.29, 0.717) is 43.1 Å². The van der Waals surface area contributed by atoms with Crippen molar-refractivity contribution in [2.24, 2.45) is 11.7 Å². The van der Waals surface area contributed by atoms with Crippen LogP contribution in [0.25, 0.3) is 0 Å². The van der Waals surface area contributed by atoms with E-state index in [1.54, 1.807) is 42.5 Å². The number of nitrogens with two attached hydrogens (primary N) is 1. The molecule has 1 saturated heterocycles. The van der Waals surface area contributed by atoms with E-state index in [1.165, 1.54) is 13.0 Å². The molecule has 11 heteroatoms. The number of ether oxygens (including phenoxy) is 2. The maximum atomic E-state index is 13.5. The average Bonchev–Trinajstić information content (AvgIpc) is 3.13. The first-order chi connectivity index (χ1) is 17.7. The third-order valence-electron chi connectivity index (χ3n) is 5.88. The number of benzene rings is 1. The van der Waals surface area contributed by atoms with Gasteiger partial charge in [0.25, 0.3) is 11.8 Å². The monoisotopic (exact) mass is 527 g/mol. The second kappa shape index (κ2) is 11.2. The summed E-state index contributed by atoms with van der Waals surface area (Å²) in [6.45, 7) is 13.7. The summed E-state index contributed by atoms with van der Waals surface area (Å²) in [5.74, 6) is -1.03. The summed E-state index contributed by atoms with van der Waals surface area (Å²) in [4.78, 5) is 51.7.